The Balaban J connectivity index is 2.23. The topological polar surface area (TPSA) is 37.3 Å². The molecule has 1 aromatic rings. The van der Waals surface area contributed by atoms with E-state index in [-0.39, 0.29) is 12.3 Å². The molecule has 1 unspecified atom stereocenters. The standard InChI is InChI=1S/C19H30O2/c1-2-3-4-5-6-7-8-10-15-18(16-19(20)21)17-13-11-9-12-14-17/h9,11-14,18H,2-8,10,15-16H2,1H3,(H,20,21). The molecule has 0 saturated carbocycles. The molecule has 1 rings (SSSR count). The van der Waals surface area contributed by atoms with Crippen molar-refractivity contribution in [1.29, 1.82) is 0 Å². The molecule has 0 bridgehead atoms. The Morgan fingerprint density at radius 3 is 2.10 bits per heavy atom. The molecule has 0 saturated heterocycles. The summed E-state index contributed by atoms with van der Waals surface area (Å²) in [5.74, 6) is -0.521. The fraction of sp³-hybridized carbons (Fsp3) is 0.632. The van der Waals surface area contributed by atoms with Crippen molar-refractivity contribution in [2.24, 2.45) is 0 Å². The van der Waals surface area contributed by atoms with Gasteiger partial charge in [0.15, 0.2) is 0 Å². The van der Waals surface area contributed by atoms with Gasteiger partial charge in [-0.25, -0.2) is 0 Å². The van der Waals surface area contributed by atoms with Gasteiger partial charge in [0.1, 0.15) is 0 Å². The van der Waals surface area contributed by atoms with Gasteiger partial charge in [0, 0.05) is 0 Å². The van der Waals surface area contributed by atoms with Gasteiger partial charge in [-0.1, -0.05) is 88.6 Å². The van der Waals surface area contributed by atoms with E-state index < -0.39 is 5.97 Å². The van der Waals surface area contributed by atoms with E-state index in [1.807, 2.05) is 18.2 Å². The first-order valence-corrected chi connectivity index (χ1v) is 8.50. The minimum atomic E-state index is -0.691. The van der Waals surface area contributed by atoms with Crippen LogP contribution >= 0.6 is 0 Å². The van der Waals surface area contributed by atoms with Gasteiger partial charge < -0.3 is 5.11 Å². The van der Waals surface area contributed by atoms with E-state index in [4.69, 9.17) is 5.11 Å². The minimum absolute atomic E-state index is 0.170. The largest absolute Gasteiger partial charge is 0.481 e. The van der Waals surface area contributed by atoms with Crippen LogP contribution in [0.3, 0.4) is 0 Å². The van der Waals surface area contributed by atoms with E-state index in [9.17, 15) is 4.79 Å². The number of aliphatic carboxylic acids is 1. The zero-order valence-electron chi connectivity index (χ0n) is 13.4. The maximum atomic E-state index is 11.0. The van der Waals surface area contributed by atoms with Gasteiger partial charge in [0.25, 0.3) is 0 Å². The van der Waals surface area contributed by atoms with Crippen LogP contribution in [0.25, 0.3) is 0 Å². The summed E-state index contributed by atoms with van der Waals surface area (Å²) >= 11 is 0. The van der Waals surface area contributed by atoms with E-state index in [1.54, 1.807) is 0 Å². The van der Waals surface area contributed by atoms with Gasteiger partial charge in [-0.2, -0.15) is 0 Å². The lowest BCUT2D eigenvalue weighted by Gasteiger charge is -2.15. The van der Waals surface area contributed by atoms with Crippen molar-refractivity contribution in [2.75, 3.05) is 0 Å². The second-order valence-electron chi connectivity index (χ2n) is 5.97. The van der Waals surface area contributed by atoms with Crippen molar-refractivity contribution >= 4 is 5.97 Å². The van der Waals surface area contributed by atoms with Crippen LogP contribution in [0.5, 0.6) is 0 Å². The molecule has 2 nitrogen and oxygen atoms in total. The Morgan fingerprint density at radius 2 is 1.52 bits per heavy atom. The molecule has 0 fully saturated rings. The molecule has 0 aliphatic carbocycles. The maximum Gasteiger partial charge on any atom is 0.303 e. The highest BCUT2D eigenvalue weighted by Gasteiger charge is 2.14. The number of hydrogen-bond acceptors (Lipinski definition) is 1. The summed E-state index contributed by atoms with van der Waals surface area (Å²) in [5.41, 5.74) is 1.17. The molecule has 0 amide bonds. The normalized spacial score (nSPS) is 12.2. The molecule has 2 heteroatoms. The molecule has 1 N–H and O–H groups in total. The number of carboxylic acid groups (broad SMARTS) is 1. The molecular formula is C19H30O2. The summed E-state index contributed by atoms with van der Waals surface area (Å²) in [6, 6.07) is 10.1. The van der Waals surface area contributed by atoms with Crippen molar-refractivity contribution in [3.8, 4) is 0 Å². The average Bonchev–Trinajstić information content (AvgIpc) is 2.49. The highest BCUT2D eigenvalue weighted by atomic mass is 16.4. The molecule has 1 aromatic carbocycles. The van der Waals surface area contributed by atoms with Crippen molar-refractivity contribution < 1.29 is 9.90 Å². The Labute approximate surface area is 129 Å². The summed E-state index contributed by atoms with van der Waals surface area (Å²) in [4.78, 5) is 11.0. The molecule has 118 valence electrons. The maximum absolute atomic E-state index is 11.0. The quantitative estimate of drug-likeness (QED) is 0.496. The first-order valence-electron chi connectivity index (χ1n) is 8.50. The Kier molecular flexibility index (Phi) is 9.60. The second-order valence-corrected chi connectivity index (χ2v) is 5.97. The molecule has 0 aliphatic heterocycles. The van der Waals surface area contributed by atoms with Crippen LogP contribution in [0.4, 0.5) is 0 Å². The van der Waals surface area contributed by atoms with Gasteiger partial charge in [0.2, 0.25) is 0 Å². The lowest BCUT2D eigenvalue weighted by Crippen LogP contribution is -2.06. The first-order chi connectivity index (χ1) is 10.2. The number of unbranched alkanes of at least 4 members (excludes halogenated alkanes) is 7. The first kappa shape index (κ1) is 17.7. The molecule has 0 radical (unpaired) electrons. The number of benzene rings is 1. The van der Waals surface area contributed by atoms with Crippen LogP contribution in [0.15, 0.2) is 30.3 Å². The number of carboxylic acids is 1. The highest BCUT2D eigenvalue weighted by molar-refractivity contribution is 5.68. The molecule has 1 atom stereocenters. The Morgan fingerprint density at radius 1 is 0.952 bits per heavy atom. The zero-order chi connectivity index (χ0) is 15.3. The van der Waals surface area contributed by atoms with Crippen LogP contribution in [-0.2, 0) is 4.79 Å². The SMILES string of the molecule is CCCCCCCCCCC(CC(=O)O)c1ccccc1. The lowest BCUT2D eigenvalue weighted by molar-refractivity contribution is -0.137. The van der Waals surface area contributed by atoms with Crippen molar-refractivity contribution in [1.82, 2.24) is 0 Å². The van der Waals surface area contributed by atoms with Gasteiger partial charge in [-0.05, 0) is 17.9 Å². The van der Waals surface area contributed by atoms with E-state index in [2.05, 4.69) is 19.1 Å². The highest BCUT2D eigenvalue weighted by Crippen LogP contribution is 2.26. The molecule has 0 aromatic heterocycles. The van der Waals surface area contributed by atoms with Crippen molar-refractivity contribution in [3.63, 3.8) is 0 Å². The molecule has 21 heavy (non-hydrogen) atoms. The average molecular weight is 290 g/mol. The van der Waals surface area contributed by atoms with E-state index in [0.717, 1.165) is 12.8 Å². The van der Waals surface area contributed by atoms with Crippen LogP contribution in [0, 0.1) is 0 Å². The predicted octanol–water partition coefficient (Wildman–Crippen LogP) is 5.78. The third kappa shape index (κ3) is 8.54. The smallest absolute Gasteiger partial charge is 0.303 e. The van der Waals surface area contributed by atoms with Crippen LogP contribution < -0.4 is 0 Å². The van der Waals surface area contributed by atoms with Gasteiger partial charge in [0.05, 0.1) is 6.42 Å². The summed E-state index contributed by atoms with van der Waals surface area (Å²) in [6.45, 7) is 2.24. The fourth-order valence-corrected chi connectivity index (χ4v) is 2.85. The third-order valence-electron chi connectivity index (χ3n) is 4.10. The summed E-state index contributed by atoms with van der Waals surface area (Å²) in [5, 5.41) is 9.07. The van der Waals surface area contributed by atoms with Gasteiger partial charge in [-0.15, -0.1) is 0 Å². The van der Waals surface area contributed by atoms with E-state index >= 15 is 0 Å². The summed E-state index contributed by atoms with van der Waals surface area (Å²) < 4.78 is 0. The monoisotopic (exact) mass is 290 g/mol. The van der Waals surface area contributed by atoms with Crippen LogP contribution in [0.1, 0.15) is 82.6 Å². The van der Waals surface area contributed by atoms with Crippen molar-refractivity contribution in [2.45, 2.75) is 77.0 Å². The summed E-state index contributed by atoms with van der Waals surface area (Å²) in [7, 11) is 0. The number of carbonyl (C=O) groups is 1. The van der Waals surface area contributed by atoms with Gasteiger partial charge >= 0.3 is 5.97 Å². The number of hydrogen-bond donors (Lipinski definition) is 1. The second kappa shape index (κ2) is 11.4. The zero-order valence-corrected chi connectivity index (χ0v) is 13.4. The molecule has 0 spiro atoms. The third-order valence-corrected chi connectivity index (χ3v) is 4.10. The Hall–Kier alpha value is -1.31. The van der Waals surface area contributed by atoms with E-state index in [0.29, 0.717) is 0 Å². The Bertz CT molecular complexity index is 372. The predicted molar refractivity (Wildman–Crippen MR) is 88.7 cm³/mol. The van der Waals surface area contributed by atoms with Crippen molar-refractivity contribution in [3.05, 3.63) is 35.9 Å². The van der Waals surface area contributed by atoms with Gasteiger partial charge in [-0.3, -0.25) is 4.79 Å². The lowest BCUT2D eigenvalue weighted by atomic mass is 9.90. The van der Waals surface area contributed by atoms with Crippen LogP contribution in [0.2, 0.25) is 0 Å². The molecular weight excluding hydrogens is 260 g/mol. The van der Waals surface area contributed by atoms with Crippen LogP contribution in [-0.4, -0.2) is 11.1 Å². The fourth-order valence-electron chi connectivity index (χ4n) is 2.85. The minimum Gasteiger partial charge on any atom is -0.481 e. The number of rotatable bonds is 12. The molecule has 0 aliphatic rings. The van der Waals surface area contributed by atoms with E-state index in [1.165, 1.54) is 50.5 Å². The summed E-state index contributed by atoms with van der Waals surface area (Å²) in [6.07, 6.45) is 11.6. The molecule has 0 heterocycles.